The molecule has 0 atom stereocenters. The quantitative estimate of drug-likeness (QED) is 0.817. The van der Waals surface area contributed by atoms with Crippen molar-refractivity contribution in [2.24, 2.45) is 0 Å². The maximum Gasteiger partial charge on any atom is 0.253 e. The second-order valence-corrected chi connectivity index (χ2v) is 7.04. The topological polar surface area (TPSA) is 66.5 Å². The van der Waals surface area contributed by atoms with Gasteiger partial charge in [-0.05, 0) is 43.5 Å². The van der Waals surface area contributed by atoms with Crippen LogP contribution >= 0.6 is 0 Å². The third-order valence-corrected chi connectivity index (χ3v) is 5.10. The van der Waals surface area contributed by atoms with Gasteiger partial charge >= 0.3 is 0 Å². The Morgan fingerprint density at radius 3 is 2.38 bits per heavy atom. The SMILES string of the molecule is CCCCNS(=O)(=O)c1ccc(C(=O)N2CCCC2)cc1. The number of sulfonamides is 1. The number of nitrogens with one attached hydrogen (secondary N) is 1. The van der Waals surface area contributed by atoms with Crippen LogP contribution in [-0.2, 0) is 10.0 Å². The van der Waals surface area contributed by atoms with Crippen molar-refractivity contribution in [2.75, 3.05) is 19.6 Å². The van der Waals surface area contributed by atoms with E-state index in [4.69, 9.17) is 0 Å². The first-order chi connectivity index (χ1) is 10.0. The highest BCUT2D eigenvalue weighted by Crippen LogP contribution is 2.15. The number of amides is 1. The summed E-state index contributed by atoms with van der Waals surface area (Å²) >= 11 is 0. The molecule has 21 heavy (non-hydrogen) atoms. The van der Waals surface area contributed by atoms with Crippen molar-refractivity contribution in [3.05, 3.63) is 29.8 Å². The normalized spacial score (nSPS) is 15.4. The van der Waals surface area contributed by atoms with Gasteiger partial charge in [0.25, 0.3) is 5.91 Å². The number of hydrogen-bond donors (Lipinski definition) is 1. The Morgan fingerprint density at radius 2 is 1.81 bits per heavy atom. The number of likely N-dealkylation sites (tertiary alicyclic amines) is 1. The van der Waals surface area contributed by atoms with E-state index in [0.717, 1.165) is 38.8 Å². The zero-order valence-corrected chi connectivity index (χ0v) is 13.2. The maximum atomic E-state index is 12.2. The number of carbonyl (C=O) groups excluding carboxylic acids is 1. The van der Waals surface area contributed by atoms with Crippen LogP contribution in [0.15, 0.2) is 29.2 Å². The van der Waals surface area contributed by atoms with Crippen molar-refractivity contribution in [1.29, 1.82) is 0 Å². The minimum Gasteiger partial charge on any atom is -0.339 e. The lowest BCUT2D eigenvalue weighted by Gasteiger charge is -2.15. The highest BCUT2D eigenvalue weighted by Gasteiger charge is 2.20. The molecular formula is C15H22N2O3S. The van der Waals surface area contributed by atoms with E-state index in [-0.39, 0.29) is 10.8 Å². The molecule has 1 N–H and O–H groups in total. The van der Waals surface area contributed by atoms with E-state index < -0.39 is 10.0 Å². The van der Waals surface area contributed by atoms with Crippen molar-refractivity contribution in [3.63, 3.8) is 0 Å². The van der Waals surface area contributed by atoms with Gasteiger partial charge in [-0.1, -0.05) is 13.3 Å². The van der Waals surface area contributed by atoms with Crippen LogP contribution in [-0.4, -0.2) is 38.9 Å². The van der Waals surface area contributed by atoms with Gasteiger partial charge in [0, 0.05) is 25.2 Å². The number of rotatable bonds is 6. The molecule has 0 bridgehead atoms. The van der Waals surface area contributed by atoms with Crippen LogP contribution in [0.5, 0.6) is 0 Å². The van der Waals surface area contributed by atoms with Gasteiger partial charge in [0.2, 0.25) is 10.0 Å². The summed E-state index contributed by atoms with van der Waals surface area (Å²) in [5.41, 5.74) is 0.546. The summed E-state index contributed by atoms with van der Waals surface area (Å²) in [7, 11) is -3.47. The molecule has 1 fully saturated rings. The standard InChI is InChI=1S/C15H22N2O3S/c1-2-3-10-16-21(19,20)14-8-6-13(7-9-14)15(18)17-11-4-5-12-17/h6-9,16H,2-5,10-12H2,1H3. The largest absolute Gasteiger partial charge is 0.339 e. The molecule has 0 aliphatic carbocycles. The van der Waals surface area contributed by atoms with Crippen LogP contribution in [0, 0.1) is 0 Å². The number of nitrogens with zero attached hydrogens (tertiary/aromatic N) is 1. The van der Waals surface area contributed by atoms with E-state index in [9.17, 15) is 13.2 Å². The monoisotopic (exact) mass is 310 g/mol. The van der Waals surface area contributed by atoms with Crippen molar-refractivity contribution in [2.45, 2.75) is 37.5 Å². The fraction of sp³-hybridized carbons (Fsp3) is 0.533. The first-order valence-electron chi connectivity index (χ1n) is 7.43. The Kier molecular flexibility index (Phi) is 5.36. The second-order valence-electron chi connectivity index (χ2n) is 5.28. The van der Waals surface area contributed by atoms with Gasteiger partial charge in [-0.15, -0.1) is 0 Å². The summed E-state index contributed by atoms with van der Waals surface area (Å²) in [6, 6.07) is 6.18. The van der Waals surface area contributed by atoms with E-state index >= 15 is 0 Å². The Labute approximate surface area is 126 Å². The highest BCUT2D eigenvalue weighted by atomic mass is 32.2. The van der Waals surface area contributed by atoms with Gasteiger partial charge in [-0.25, -0.2) is 13.1 Å². The summed E-state index contributed by atoms with van der Waals surface area (Å²) in [4.78, 5) is 14.2. The number of carbonyl (C=O) groups is 1. The molecule has 1 aromatic rings. The third kappa shape index (κ3) is 4.04. The number of unbranched alkanes of at least 4 members (excludes halogenated alkanes) is 1. The van der Waals surface area contributed by atoms with Gasteiger partial charge < -0.3 is 4.90 Å². The van der Waals surface area contributed by atoms with Crippen LogP contribution in [0.3, 0.4) is 0 Å². The second kappa shape index (κ2) is 7.04. The predicted octanol–water partition coefficient (Wildman–Crippen LogP) is 2.00. The van der Waals surface area contributed by atoms with Crippen molar-refractivity contribution >= 4 is 15.9 Å². The van der Waals surface area contributed by atoms with E-state index in [0.29, 0.717) is 12.1 Å². The molecule has 1 aliphatic rings. The Morgan fingerprint density at radius 1 is 1.19 bits per heavy atom. The first-order valence-corrected chi connectivity index (χ1v) is 8.92. The van der Waals surface area contributed by atoms with Gasteiger partial charge in [-0.2, -0.15) is 0 Å². The van der Waals surface area contributed by atoms with Crippen molar-refractivity contribution in [3.8, 4) is 0 Å². The van der Waals surface area contributed by atoms with Gasteiger partial charge in [-0.3, -0.25) is 4.79 Å². The van der Waals surface area contributed by atoms with Crippen molar-refractivity contribution < 1.29 is 13.2 Å². The van der Waals surface area contributed by atoms with Crippen LogP contribution in [0.25, 0.3) is 0 Å². The van der Waals surface area contributed by atoms with E-state index in [1.807, 2.05) is 11.8 Å². The van der Waals surface area contributed by atoms with Gasteiger partial charge in [0.05, 0.1) is 4.90 Å². The zero-order chi connectivity index (χ0) is 15.3. The first kappa shape index (κ1) is 16.0. The average Bonchev–Trinajstić information content (AvgIpc) is 3.01. The lowest BCUT2D eigenvalue weighted by atomic mass is 10.2. The highest BCUT2D eigenvalue weighted by molar-refractivity contribution is 7.89. The van der Waals surface area contributed by atoms with Gasteiger partial charge in [0.15, 0.2) is 0 Å². The molecule has 0 spiro atoms. The molecular weight excluding hydrogens is 288 g/mol. The lowest BCUT2D eigenvalue weighted by molar-refractivity contribution is 0.0792. The van der Waals surface area contributed by atoms with Gasteiger partial charge in [0.1, 0.15) is 0 Å². The molecule has 1 aromatic carbocycles. The molecule has 0 aromatic heterocycles. The predicted molar refractivity (Wildman–Crippen MR) is 81.7 cm³/mol. The average molecular weight is 310 g/mol. The summed E-state index contributed by atoms with van der Waals surface area (Å²) < 4.78 is 26.6. The van der Waals surface area contributed by atoms with Crippen LogP contribution < -0.4 is 4.72 Å². The van der Waals surface area contributed by atoms with Crippen LogP contribution in [0.1, 0.15) is 43.0 Å². The molecule has 0 radical (unpaired) electrons. The third-order valence-electron chi connectivity index (χ3n) is 3.63. The smallest absolute Gasteiger partial charge is 0.253 e. The molecule has 2 rings (SSSR count). The fourth-order valence-electron chi connectivity index (χ4n) is 2.35. The fourth-order valence-corrected chi connectivity index (χ4v) is 3.42. The summed E-state index contributed by atoms with van der Waals surface area (Å²) in [5.74, 6) is -0.0182. The molecule has 1 amide bonds. The maximum absolute atomic E-state index is 12.2. The summed E-state index contributed by atoms with van der Waals surface area (Å²) in [5, 5.41) is 0. The summed E-state index contributed by atoms with van der Waals surface area (Å²) in [6.45, 7) is 4.02. The molecule has 0 saturated carbocycles. The Hall–Kier alpha value is -1.40. The molecule has 1 heterocycles. The molecule has 0 unspecified atom stereocenters. The van der Waals surface area contributed by atoms with E-state index in [2.05, 4.69) is 4.72 Å². The lowest BCUT2D eigenvalue weighted by Crippen LogP contribution is -2.28. The minimum absolute atomic E-state index is 0.0182. The van der Waals surface area contributed by atoms with Crippen LogP contribution in [0.2, 0.25) is 0 Å². The Bertz CT molecular complexity index is 575. The zero-order valence-electron chi connectivity index (χ0n) is 12.3. The molecule has 5 nitrogen and oxygen atoms in total. The van der Waals surface area contributed by atoms with Crippen LogP contribution in [0.4, 0.5) is 0 Å². The van der Waals surface area contributed by atoms with Crippen molar-refractivity contribution in [1.82, 2.24) is 9.62 Å². The molecule has 1 aliphatic heterocycles. The minimum atomic E-state index is -3.47. The van der Waals surface area contributed by atoms with E-state index in [1.165, 1.54) is 12.1 Å². The Balaban J connectivity index is 2.05. The molecule has 6 heteroatoms. The number of benzene rings is 1. The summed E-state index contributed by atoms with van der Waals surface area (Å²) in [6.07, 6.45) is 3.83. The molecule has 1 saturated heterocycles. The molecule has 116 valence electrons. The number of hydrogen-bond acceptors (Lipinski definition) is 3. The van der Waals surface area contributed by atoms with E-state index in [1.54, 1.807) is 12.1 Å².